The van der Waals surface area contributed by atoms with Gasteiger partial charge in [-0.1, -0.05) is 0 Å². The zero-order chi connectivity index (χ0) is 22.0. The molecule has 1 aliphatic heterocycles. The lowest BCUT2D eigenvalue weighted by Gasteiger charge is -2.33. The molecule has 1 aromatic carbocycles. The van der Waals surface area contributed by atoms with Crippen molar-refractivity contribution in [2.24, 2.45) is 0 Å². The van der Waals surface area contributed by atoms with E-state index in [0.29, 0.717) is 32.1 Å². The van der Waals surface area contributed by atoms with Crippen molar-refractivity contribution < 1.29 is 26.8 Å². The Morgan fingerprint density at radius 2 is 2.03 bits per heavy atom. The quantitative estimate of drug-likeness (QED) is 0.624. The Labute approximate surface area is 174 Å². The number of benzene rings is 1. The smallest absolute Gasteiger partial charge is 0.434 e. The van der Waals surface area contributed by atoms with Crippen LogP contribution in [0, 0.1) is 5.82 Å². The van der Waals surface area contributed by atoms with E-state index >= 15 is 0 Å². The monoisotopic (exact) mass is 435 g/mol. The Kier molecular flexibility index (Phi) is 5.57. The van der Waals surface area contributed by atoms with Gasteiger partial charge in [0.2, 0.25) is 5.89 Å². The number of aromatic nitrogens is 3. The van der Waals surface area contributed by atoms with E-state index in [1.165, 1.54) is 30.7 Å². The number of rotatable bonds is 4. The van der Waals surface area contributed by atoms with Crippen LogP contribution in [-0.2, 0) is 6.18 Å². The van der Waals surface area contributed by atoms with Crippen LogP contribution >= 0.6 is 0 Å². The maximum absolute atomic E-state index is 13.8. The molecule has 3 aromatic rings. The number of alkyl halides is 3. The minimum atomic E-state index is -4.56. The van der Waals surface area contributed by atoms with Gasteiger partial charge in [0.05, 0.1) is 29.7 Å². The van der Waals surface area contributed by atoms with E-state index in [-0.39, 0.29) is 34.8 Å². The molecule has 0 aliphatic carbocycles. The topological polar surface area (TPSA) is 84.2 Å². The van der Waals surface area contributed by atoms with Crippen LogP contribution in [0.4, 0.5) is 23.4 Å². The summed E-state index contributed by atoms with van der Waals surface area (Å²) in [6.45, 7) is 0.780. The number of oxazole rings is 1. The zero-order valence-electron chi connectivity index (χ0n) is 16.1. The number of carbonyl (C=O) groups excluding carboxylic acids is 1. The first-order valence-electron chi connectivity index (χ1n) is 9.46. The molecule has 1 aliphatic rings. The Bertz CT molecular complexity index is 1050. The Balaban J connectivity index is 1.49. The maximum atomic E-state index is 13.8. The number of halogens is 4. The summed E-state index contributed by atoms with van der Waals surface area (Å²) >= 11 is 0. The summed E-state index contributed by atoms with van der Waals surface area (Å²) < 4.78 is 56.9. The first-order chi connectivity index (χ1) is 14.8. The lowest BCUT2D eigenvalue weighted by Crippen LogP contribution is -2.45. The summed E-state index contributed by atoms with van der Waals surface area (Å²) in [5, 5.41) is 3.02. The van der Waals surface area contributed by atoms with Gasteiger partial charge in [0.15, 0.2) is 5.69 Å². The molecular formula is C20H17F4N5O2. The van der Waals surface area contributed by atoms with Crippen LogP contribution in [0.25, 0.3) is 11.5 Å². The molecule has 11 heteroatoms. The minimum Gasteiger partial charge on any atom is -0.445 e. The van der Waals surface area contributed by atoms with Crippen molar-refractivity contribution in [3.63, 3.8) is 0 Å². The standard InChI is InChI=1S/C20H17F4N5O2/c21-12-3-4-14(15(8-12)18-25-5-7-31-18)19(30)29-6-1-2-13(11-29)28-17-10-26-16(9-27-17)20(22,23)24/h3-5,7-10,13H,1-2,6,11H2,(H,27,28). The number of hydrogen-bond donors (Lipinski definition) is 1. The van der Waals surface area contributed by atoms with Gasteiger partial charge in [-0.25, -0.2) is 19.3 Å². The van der Waals surface area contributed by atoms with Gasteiger partial charge in [0, 0.05) is 19.1 Å². The van der Waals surface area contributed by atoms with Gasteiger partial charge in [-0.3, -0.25) is 4.79 Å². The van der Waals surface area contributed by atoms with Crippen LogP contribution in [0.3, 0.4) is 0 Å². The number of likely N-dealkylation sites (tertiary alicyclic amines) is 1. The highest BCUT2D eigenvalue weighted by Crippen LogP contribution is 2.28. The van der Waals surface area contributed by atoms with Crippen molar-refractivity contribution in [2.75, 3.05) is 18.4 Å². The second kappa shape index (κ2) is 8.32. The van der Waals surface area contributed by atoms with Crippen molar-refractivity contribution in [1.29, 1.82) is 0 Å². The molecule has 0 spiro atoms. The molecule has 162 valence electrons. The normalized spacial score (nSPS) is 16.9. The highest BCUT2D eigenvalue weighted by molar-refractivity contribution is 6.00. The van der Waals surface area contributed by atoms with E-state index in [4.69, 9.17) is 4.42 Å². The first-order valence-corrected chi connectivity index (χ1v) is 9.46. The third kappa shape index (κ3) is 4.65. The Morgan fingerprint density at radius 3 is 2.71 bits per heavy atom. The second-order valence-electron chi connectivity index (χ2n) is 7.05. The first kappa shape index (κ1) is 20.8. The fourth-order valence-electron chi connectivity index (χ4n) is 3.44. The highest BCUT2D eigenvalue weighted by Gasteiger charge is 2.33. The molecule has 1 unspecified atom stereocenters. The molecule has 1 saturated heterocycles. The largest absolute Gasteiger partial charge is 0.445 e. The number of anilines is 1. The molecule has 1 fully saturated rings. The number of hydrogen-bond acceptors (Lipinski definition) is 6. The van der Waals surface area contributed by atoms with Gasteiger partial charge in [-0.15, -0.1) is 0 Å². The minimum absolute atomic E-state index is 0.134. The van der Waals surface area contributed by atoms with Crippen LogP contribution in [0.15, 0.2) is 47.5 Å². The molecule has 0 radical (unpaired) electrons. The molecule has 31 heavy (non-hydrogen) atoms. The van der Waals surface area contributed by atoms with E-state index in [1.54, 1.807) is 4.90 Å². The lowest BCUT2D eigenvalue weighted by molar-refractivity contribution is -0.141. The Hall–Kier alpha value is -3.50. The number of nitrogens with zero attached hydrogens (tertiary/aromatic N) is 4. The number of carbonyl (C=O) groups is 1. The predicted molar refractivity (Wildman–Crippen MR) is 101 cm³/mol. The third-order valence-electron chi connectivity index (χ3n) is 4.88. The van der Waals surface area contributed by atoms with Gasteiger partial charge in [0.1, 0.15) is 17.9 Å². The summed E-state index contributed by atoms with van der Waals surface area (Å²) in [7, 11) is 0. The van der Waals surface area contributed by atoms with E-state index in [1.807, 2.05) is 0 Å². The molecule has 4 rings (SSSR count). The van der Waals surface area contributed by atoms with Crippen molar-refractivity contribution in [3.05, 3.63) is 60.1 Å². The van der Waals surface area contributed by atoms with Crippen LogP contribution in [-0.4, -0.2) is 44.9 Å². The average molecular weight is 435 g/mol. The average Bonchev–Trinajstić information content (AvgIpc) is 3.28. The summed E-state index contributed by atoms with van der Waals surface area (Å²) in [6.07, 6.45) is 1.23. The maximum Gasteiger partial charge on any atom is 0.434 e. The van der Waals surface area contributed by atoms with Crippen molar-refractivity contribution >= 4 is 11.7 Å². The van der Waals surface area contributed by atoms with Gasteiger partial charge in [-0.05, 0) is 31.0 Å². The molecular weight excluding hydrogens is 418 g/mol. The van der Waals surface area contributed by atoms with E-state index in [0.717, 1.165) is 6.20 Å². The molecule has 1 atom stereocenters. The van der Waals surface area contributed by atoms with Gasteiger partial charge < -0.3 is 14.6 Å². The van der Waals surface area contributed by atoms with Crippen molar-refractivity contribution in [2.45, 2.75) is 25.1 Å². The van der Waals surface area contributed by atoms with Crippen molar-refractivity contribution in [1.82, 2.24) is 19.9 Å². The SMILES string of the molecule is O=C(c1ccc(F)cc1-c1ncco1)N1CCCC(Nc2cnc(C(F)(F)F)cn2)C1. The fraction of sp³-hybridized carbons (Fsp3) is 0.300. The molecule has 7 nitrogen and oxygen atoms in total. The van der Waals surface area contributed by atoms with E-state index in [9.17, 15) is 22.4 Å². The molecule has 2 aromatic heterocycles. The van der Waals surface area contributed by atoms with Crippen LogP contribution < -0.4 is 5.32 Å². The summed E-state index contributed by atoms with van der Waals surface area (Å²) in [4.78, 5) is 25.9. The van der Waals surface area contributed by atoms with Gasteiger partial charge in [0.25, 0.3) is 5.91 Å². The fourth-order valence-corrected chi connectivity index (χ4v) is 3.44. The van der Waals surface area contributed by atoms with Crippen molar-refractivity contribution in [3.8, 4) is 11.5 Å². The van der Waals surface area contributed by atoms with Crippen LogP contribution in [0.1, 0.15) is 28.9 Å². The summed E-state index contributed by atoms with van der Waals surface area (Å²) in [5.41, 5.74) is -0.577. The molecule has 1 amide bonds. The molecule has 0 bridgehead atoms. The van der Waals surface area contributed by atoms with Gasteiger partial charge >= 0.3 is 6.18 Å². The lowest BCUT2D eigenvalue weighted by atomic mass is 10.0. The third-order valence-corrected chi connectivity index (χ3v) is 4.88. The highest BCUT2D eigenvalue weighted by atomic mass is 19.4. The Morgan fingerprint density at radius 1 is 1.19 bits per heavy atom. The molecule has 3 heterocycles. The molecule has 1 N–H and O–H groups in total. The number of piperidine rings is 1. The summed E-state index contributed by atoms with van der Waals surface area (Å²) in [6, 6.07) is 3.54. The van der Waals surface area contributed by atoms with E-state index < -0.39 is 17.7 Å². The van der Waals surface area contributed by atoms with Crippen LogP contribution in [0.2, 0.25) is 0 Å². The predicted octanol–water partition coefficient (Wildman–Crippen LogP) is 4.01. The number of nitrogens with one attached hydrogen (secondary N) is 1. The van der Waals surface area contributed by atoms with Gasteiger partial charge in [-0.2, -0.15) is 13.2 Å². The second-order valence-corrected chi connectivity index (χ2v) is 7.05. The van der Waals surface area contributed by atoms with E-state index in [2.05, 4.69) is 20.3 Å². The number of amides is 1. The van der Waals surface area contributed by atoms with Crippen LogP contribution in [0.5, 0.6) is 0 Å². The summed E-state index contributed by atoms with van der Waals surface area (Å²) in [5.74, 6) is -0.522. The molecule has 0 saturated carbocycles. The zero-order valence-corrected chi connectivity index (χ0v) is 16.1.